The topological polar surface area (TPSA) is 50.4 Å². The first kappa shape index (κ1) is 15.6. The maximum absolute atomic E-state index is 11.9. The van der Waals surface area contributed by atoms with Gasteiger partial charge in [-0.2, -0.15) is 5.48 Å². The van der Waals surface area contributed by atoms with Crippen LogP contribution in [0.4, 0.5) is 11.4 Å². The summed E-state index contributed by atoms with van der Waals surface area (Å²) in [4.78, 5) is 16.7. The first-order valence-electron chi connectivity index (χ1n) is 6.23. The number of para-hydroxylation sites is 1. The van der Waals surface area contributed by atoms with E-state index in [-0.39, 0.29) is 0 Å². The molecule has 0 atom stereocenters. The van der Waals surface area contributed by atoms with Gasteiger partial charge in [-0.15, -0.1) is 0 Å². The molecule has 2 aromatic rings. The van der Waals surface area contributed by atoms with E-state index >= 15 is 0 Å². The van der Waals surface area contributed by atoms with Crippen LogP contribution < -0.4 is 10.8 Å². The molecule has 0 aromatic heterocycles. The zero-order valence-corrected chi connectivity index (χ0v) is 13.0. The Morgan fingerprint density at radius 2 is 1.86 bits per heavy atom. The van der Waals surface area contributed by atoms with Crippen molar-refractivity contribution in [2.45, 2.75) is 6.92 Å². The number of hydroxylamine groups is 1. The number of halogens is 2. The third kappa shape index (κ3) is 3.47. The molecule has 2 N–H and O–H groups in total. The fraction of sp³-hybridized carbons (Fsp3) is 0.133. The molecule has 4 nitrogen and oxygen atoms in total. The van der Waals surface area contributed by atoms with Gasteiger partial charge in [-0.05, 0) is 30.7 Å². The normalized spacial score (nSPS) is 10.3. The molecule has 0 amide bonds. The summed E-state index contributed by atoms with van der Waals surface area (Å²) >= 11 is 12.4. The Bertz CT molecular complexity index is 675. The van der Waals surface area contributed by atoms with E-state index in [0.29, 0.717) is 27.0 Å². The van der Waals surface area contributed by atoms with Gasteiger partial charge < -0.3 is 10.2 Å². The predicted molar refractivity (Wildman–Crippen MR) is 85.4 cm³/mol. The average molecular weight is 325 g/mol. The van der Waals surface area contributed by atoms with Crippen molar-refractivity contribution in [2.24, 2.45) is 0 Å². The highest BCUT2D eigenvalue weighted by atomic mass is 35.5. The molecule has 0 aliphatic carbocycles. The van der Waals surface area contributed by atoms with Crippen molar-refractivity contribution in [1.29, 1.82) is 0 Å². The van der Waals surface area contributed by atoms with Crippen LogP contribution in [0.25, 0.3) is 0 Å². The summed E-state index contributed by atoms with van der Waals surface area (Å²) in [6, 6.07) is 10.5. The van der Waals surface area contributed by atoms with Crippen LogP contribution in [-0.4, -0.2) is 13.0 Å². The summed E-state index contributed by atoms with van der Waals surface area (Å²) in [5.74, 6) is -0.500. The number of anilines is 2. The molecule has 0 aliphatic rings. The van der Waals surface area contributed by atoms with Crippen LogP contribution in [-0.2, 0) is 4.84 Å². The smallest absolute Gasteiger partial charge is 0.358 e. The summed E-state index contributed by atoms with van der Waals surface area (Å²) in [6.45, 7) is 1.88. The van der Waals surface area contributed by atoms with Crippen molar-refractivity contribution >= 4 is 40.5 Å². The molecule has 0 spiro atoms. The minimum Gasteiger partial charge on any atom is -0.367 e. The van der Waals surface area contributed by atoms with Gasteiger partial charge in [0.15, 0.2) is 0 Å². The maximum atomic E-state index is 11.9. The molecule has 2 aromatic carbocycles. The van der Waals surface area contributed by atoms with Gasteiger partial charge >= 0.3 is 5.97 Å². The summed E-state index contributed by atoms with van der Waals surface area (Å²) in [5, 5.41) is 4.08. The second-order valence-electron chi connectivity index (χ2n) is 4.32. The van der Waals surface area contributed by atoms with Gasteiger partial charge in [0.1, 0.15) is 0 Å². The molecular formula is C15H14Cl2N2O2. The lowest BCUT2D eigenvalue weighted by Crippen LogP contribution is -2.16. The molecule has 0 saturated carbocycles. The number of carbonyl (C=O) groups excluding carboxylic acids is 1. The van der Waals surface area contributed by atoms with Crippen molar-refractivity contribution in [3.63, 3.8) is 0 Å². The highest BCUT2D eigenvalue weighted by Crippen LogP contribution is 2.35. The molecule has 0 heterocycles. The highest BCUT2D eigenvalue weighted by Gasteiger charge is 2.15. The summed E-state index contributed by atoms with van der Waals surface area (Å²) in [5.41, 5.74) is 4.74. The number of carbonyl (C=O) groups is 1. The Balaban J connectivity index is 2.41. The summed E-state index contributed by atoms with van der Waals surface area (Å²) in [7, 11) is 1.52. The number of benzene rings is 2. The molecule has 0 fully saturated rings. The third-order valence-corrected chi connectivity index (χ3v) is 3.69. The first-order valence-corrected chi connectivity index (χ1v) is 6.98. The second kappa shape index (κ2) is 6.80. The van der Waals surface area contributed by atoms with Gasteiger partial charge in [0.2, 0.25) is 0 Å². The largest absolute Gasteiger partial charge is 0.367 e. The van der Waals surface area contributed by atoms with Crippen LogP contribution in [0.2, 0.25) is 10.0 Å². The molecule has 110 valence electrons. The molecule has 0 radical (unpaired) electrons. The lowest BCUT2D eigenvalue weighted by atomic mass is 10.1. The van der Waals surface area contributed by atoms with Crippen LogP contribution in [0.15, 0.2) is 36.4 Å². The third-order valence-electron chi connectivity index (χ3n) is 2.89. The van der Waals surface area contributed by atoms with Crippen molar-refractivity contribution in [3.05, 3.63) is 57.6 Å². The number of hydrogen-bond acceptors (Lipinski definition) is 4. The molecule has 21 heavy (non-hydrogen) atoms. The van der Waals surface area contributed by atoms with Gasteiger partial charge in [-0.25, -0.2) is 4.79 Å². The summed E-state index contributed by atoms with van der Waals surface area (Å²) in [6.07, 6.45) is 0. The molecule has 0 aliphatic heterocycles. The Labute approximate surface area is 133 Å². The van der Waals surface area contributed by atoms with Crippen LogP contribution in [0.1, 0.15) is 15.9 Å². The number of aryl methyl sites for hydroxylation is 1. The fourth-order valence-electron chi connectivity index (χ4n) is 1.82. The molecule has 0 unspecified atom stereocenters. The van der Waals surface area contributed by atoms with Gasteiger partial charge in [0.05, 0.1) is 27.0 Å². The molecule has 2 rings (SSSR count). The van der Waals surface area contributed by atoms with Gasteiger partial charge in [0, 0.05) is 7.05 Å². The van der Waals surface area contributed by atoms with Crippen LogP contribution in [0, 0.1) is 6.92 Å². The van der Waals surface area contributed by atoms with E-state index in [2.05, 4.69) is 10.8 Å². The fourth-order valence-corrected chi connectivity index (χ4v) is 2.29. The molecule has 0 bridgehead atoms. The number of rotatable bonds is 4. The van der Waals surface area contributed by atoms with E-state index in [4.69, 9.17) is 28.0 Å². The second-order valence-corrected chi connectivity index (χ2v) is 5.10. The van der Waals surface area contributed by atoms with Crippen molar-refractivity contribution in [1.82, 2.24) is 5.48 Å². The van der Waals surface area contributed by atoms with Gasteiger partial charge in [-0.1, -0.05) is 41.4 Å². The van der Waals surface area contributed by atoms with E-state index in [9.17, 15) is 4.79 Å². The summed E-state index contributed by atoms with van der Waals surface area (Å²) < 4.78 is 0. The molecule has 0 saturated heterocycles. The highest BCUT2D eigenvalue weighted by molar-refractivity contribution is 6.39. The van der Waals surface area contributed by atoms with Crippen molar-refractivity contribution in [2.75, 3.05) is 12.4 Å². The van der Waals surface area contributed by atoms with Crippen molar-refractivity contribution in [3.8, 4) is 0 Å². The zero-order valence-electron chi connectivity index (χ0n) is 11.5. The average Bonchev–Trinajstić information content (AvgIpc) is 2.48. The predicted octanol–water partition coefficient (Wildman–Crippen LogP) is 4.34. The van der Waals surface area contributed by atoms with E-state index in [1.807, 2.05) is 13.0 Å². The minimum absolute atomic E-state index is 0.375. The quantitative estimate of drug-likeness (QED) is 0.821. The number of nitrogens with one attached hydrogen (secondary N) is 2. The standard InChI is InChI=1S/C15H14Cl2N2O2/c1-9-7-8-11(16)14(13(9)17)19-12-6-4-3-5-10(12)15(20)21-18-2/h3-8,18-19H,1-2H3. The van der Waals surface area contributed by atoms with E-state index < -0.39 is 5.97 Å². The minimum atomic E-state index is -0.500. The lowest BCUT2D eigenvalue weighted by molar-refractivity contribution is 0.0311. The first-order chi connectivity index (χ1) is 10.0. The van der Waals surface area contributed by atoms with Gasteiger partial charge in [0.25, 0.3) is 0 Å². The molecule has 6 heteroatoms. The maximum Gasteiger partial charge on any atom is 0.358 e. The zero-order chi connectivity index (χ0) is 15.4. The van der Waals surface area contributed by atoms with Gasteiger partial charge in [-0.3, -0.25) is 0 Å². The SMILES string of the molecule is CNOC(=O)c1ccccc1Nc1c(Cl)ccc(C)c1Cl. The molecular weight excluding hydrogens is 311 g/mol. The Hall–Kier alpha value is -1.75. The van der Waals surface area contributed by atoms with Crippen LogP contribution in [0.5, 0.6) is 0 Å². The van der Waals surface area contributed by atoms with Crippen LogP contribution in [0.3, 0.4) is 0 Å². The van der Waals surface area contributed by atoms with E-state index in [0.717, 1.165) is 5.56 Å². The van der Waals surface area contributed by atoms with E-state index in [1.165, 1.54) is 7.05 Å². The number of hydrogen-bond donors (Lipinski definition) is 2. The van der Waals surface area contributed by atoms with E-state index in [1.54, 1.807) is 30.3 Å². The Morgan fingerprint density at radius 1 is 1.14 bits per heavy atom. The van der Waals surface area contributed by atoms with Crippen LogP contribution >= 0.6 is 23.2 Å². The lowest BCUT2D eigenvalue weighted by Gasteiger charge is -2.14. The monoisotopic (exact) mass is 324 g/mol. The van der Waals surface area contributed by atoms with Crippen molar-refractivity contribution < 1.29 is 9.63 Å². The Morgan fingerprint density at radius 3 is 2.57 bits per heavy atom. The Kier molecular flexibility index (Phi) is 5.07.